The van der Waals surface area contributed by atoms with Crippen molar-refractivity contribution < 1.29 is 21.9 Å². The smallest absolute Gasteiger partial charge is 0.306 e. The molecule has 0 heterocycles. The molecule has 0 aliphatic rings. The van der Waals surface area contributed by atoms with E-state index in [2.05, 4.69) is 10.6 Å². The molecule has 0 bridgehead atoms. The highest BCUT2D eigenvalue weighted by Gasteiger charge is 2.16. The highest BCUT2D eigenvalue weighted by Crippen LogP contribution is 2.26. The van der Waals surface area contributed by atoms with Crippen molar-refractivity contribution in [2.24, 2.45) is 0 Å². The first kappa shape index (κ1) is 18.2. The standard InChI is InChI=1S/C14H9Cl2FN2O4S/c15-9-3-1-8(2-4-9)13(20)19-14(21)18-12-6-5-10(7-11(12)16)24(17,22)23/h1-7H,(H2,18,19,20,21). The highest BCUT2D eigenvalue weighted by atomic mass is 35.5. The summed E-state index contributed by atoms with van der Waals surface area (Å²) in [4.78, 5) is 23.0. The number of carbonyl (C=O) groups excluding carboxylic acids is 2. The minimum Gasteiger partial charge on any atom is -0.306 e. The number of urea groups is 1. The molecular formula is C14H9Cl2FN2O4S. The number of anilines is 1. The summed E-state index contributed by atoms with van der Waals surface area (Å²) < 4.78 is 34.4. The van der Waals surface area contributed by atoms with Gasteiger partial charge in [-0.1, -0.05) is 23.2 Å². The van der Waals surface area contributed by atoms with Gasteiger partial charge in [-0.2, -0.15) is 8.42 Å². The first-order chi connectivity index (χ1) is 11.2. The zero-order chi connectivity index (χ0) is 17.9. The highest BCUT2D eigenvalue weighted by molar-refractivity contribution is 7.86. The molecule has 2 aromatic carbocycles. The third-order valence-corrected chi connectivity index (χ3v) is 4.19. The van der Waals surface area contributed by atoms with Crippen LogP contribution in [0.5, 0.6) is 0 Å². The van der Waals surface area contributed by atoms with Crippen molar-refractivity contribution in [1.29, 1.82) is 0 Å². The van der Waals surface area contributed by atoms with E-state index in [0.29, 0.717) is 5.02 Å². The second kappa shape index (κ2) is 7.16. The molecule has 0 saturated carbocycles. The number of amides is 3. The summed E-state index contributed by atoms with van der Waals surface area (Å²) in [6.07, 6.45) is 0. The fraction of sp³-hybridized carbons (Fsp3) is 0. The second-order valence-corrected chi connectivity index (χ2v) is 6.69. The van der Waals surface area contributed by atoms with Gasteiger partial charge in [0.1, 0.15) is 4.90 Å². The van der Waals surface area contributed by atoms with Crippen molar-refractivity contribution in [2.45, 2.75) is 4.90 Å². The van der Waals surface area contributed by atoms with E-state index in [1.54, 1.807) is 0 Å². The molecule has 0 radical (unpaired) electrons. The van der Waals surface area contributed by atoms with Crippen LogP contribution in [0.15, 0.2) is 47.4 Å². The topological polar surface area (TPSA) is 92.3 Å². The van der Waals surface area contributed by atoms with E-state index in [1.165, 1.54) is 24.3 Å². The number of halogens is 3. The lowest BCUT2D eigenvalue weighted by molar-refractivity contribution is 0.0967. The Bertz CT molecular complexity index is 901. The van der Waals surface area contributed by atoms with Gasteiger partial charge in [-0.15, -0.1) is 3.89 Å². The lowest BCUT2D eigenvalue weighted by Gasteiger charge is -2.09. The fourth-order valence-corrected chi connectivity index (χ4v) is 2.59. The molecule has 6 nitrogen and oxygen atoms in total. The average Bonchev–Trinajstić information content (AvgIpc) is 2.48. The van der Waals surface area contributed by atoms with E-state index in [1.807, 2.05) is 0 Å². The number of carbonyl (C=O) groups is 2. The first-order valence-corrected chi connectivity index (χ1v) is 8.43. The molecule has 0 fully saturated rings. The maximum Gasteiger partial charge on any atom is 0.332 e. The van der Waals surface area contributed by atoms with E-state index >= 15 is 0 Å². The van der Waals surface area contributed by atoms with Crippen LogP contribution < -0.4 is 10.6 Å². The molecule has 0 saturated heterocycles. The second-order valence-electron chi connectivity index (χ2n) is 4.49. The largest absolute Gasteiger partial charge is 0.332 e. The Morgan fingerprint density at radius 3 is 2.17 bits per heavy atom. The Kier molecular flexibility index (Phi) is 5.43. The number of rotatable bonds is 3. The lowest BCUT2D eigenvalue weighted by Crippen LogP contribution is -2.34. The summed E-state index contributed by atoms with van der Waals surface area (Å²) in [6, 6.07) is 7.81. The molecule has 2 rings (SSSR count). The van der Waals surface area contributed by atoms with E-state index in [0.717, 1.165) is 18.2 Å². The molecule has 24 heavy (non-hydrogen) atoms. The Hall–Kier alpha value is -2.16. The number of nitrogens with one attached hydrogen (secondary N) is 2. The van der Waals surface area contributed by atoms with Crippen molar-refractivity contribution >= 4 is 51.1 Å². The van der Waals surface area contributed by atoms with Gasteiger partial charge in [0, 0.05) is 10.6 Å². The molecular weight excluding hydrogens is 382 g/mol. The minimum atomic E-state index is -4.91. The molecule has 0 unspecified atom stereocenters. The van der Waals surface area contributed by atoms with Crippen LogP contribution in [-0.4, -0.2) is 20.4 Å². The molecule has 2 N–H and O–H groups in total. The van der Waals surface area contributed by atoms with Gasteiger partial charge < -0.3 is 5.32 Å². The molecule has 0 aliphatic carbocycles. The third-order valence-electron chi connectivity index (χ3n) is 2.80. The van der Waals surface area contributed by atoms with Crippen molar-refractivity contribution in [2.75, 3.05) is 5.32 Å². The van der Waals surface area contributed by atoms with Gasteiger partial charge in [0.25, 0.3) is 5.91 Å². The van der Waals surface area contributed by atoms with Crippen molar-refractivity contribution in [3.8, 4) is 0 Å². The first-order valence-electron chi connectivity index (χ1n) is 6.29. The molecule has 0 spiro atoms. The van der Waals surface area contributed by atoms with Gasteiger partial charge in [0.15, 0.2) is 0 Å². The third kappa shape index (κ3) is 4.67. The maximum atomic E-state index is 12.8. The predicted octanol–water partition coefficient (Wildman–Crippen LogP) is 3.61. The minimum absolute atomic E-state index is 0.00507. The van der Waals surface area contributed by atoms with Crippen LogP contribution in [0, 0.1) is 0 Å². The predicted molar refractivity (Wildman–Crippen MR) is 87.7 cm³/mol. The van der Waals surface area contributed by atoms with E-state index in [4.69, 9.17) is 23.2 Å². The van der Waals surface area contributed by atoms with Gasteiger partial charge in [-0.3, -0.25) is 10.1 Å². The van der Waals surface area contributed by atoms with Crippen LogP contribution in [0.4, 0.5) is 14.4 Å². The zero-order valence-corrected chi connectivity index (χ0v) is 14.0. The Balaban J connectivity index is 2.07. The normalized spacial score (nSPS) is 11.0. The van der Waals surface area contributed by atoms with Gasteiger partial charge in [0.05, 0.1) is 10.7 Å². The van der Waals surface area contributed by atoms with Gasteiger partial charge >= 0.3 is 16.3 Å². The van der Waals surface area contributed by atoms with E-state index < -0.39 is 27.1 Å². The van der Waals surface area contributed by atoms with Crippen LogP contribution in [0.1, 0.15) is 10.4 Å². The summed E-state index contributed by atoms with van der Waals surface area (Å²) >= 11 is 11.5. The zero-order valence-electron chi connectivity index (χ0n) is 11.7. The quantitative estimate of drug-likeness (QED) is 0.782. The number of hydrogen-bond donors (Lipinski definition) is 2. The van der Waals surface area contributed by atoms with Crippen LogP contribution in [0.2, 0.25) is 10.0 Å². The summed E-state index contributed by atoms with van der Waals surface area (Å²) in [5.74, 6) is -0.678. The number of benzene rings is 2. The molecule has 0 aromatic heterocycles. The molecule has 0 aliphatic heterocycles. The van der Waals surface area contributed by atoms with Crippen LogP contribution >= 0.6 is 23.2 Å². The molecule has 0 atom stereocenters. The molecule has 2 aromatic rings. The average molecular weight is 391 g/mol. The van der Waals surface area contributed by atoms with Crippen LogP contribution in [-0.2, 0) is 10.2 Å². The number of imide groups is 1. The Morgan fingerprint density at radius 2 is 1.62 bits per heavy atom. The summed E-state index contributed by atoms with van der Waals surface area (Å²) in [7, 11) is -4.91. The van der Waals surface area contributed by atoms with Gasteiger partial charge in [-0.25, -0.2) is 4.79 Å². The summed E-state index contributed by atoms with van der Waals surface area (Å²) in [6.45, 7) is 0. The Morgan fingerprint density at radius 1 is 1.00 bits per heavy atom. The van der Waals surface area contributed by atoms with Gasteiger partial charge in [-0.05, 0) is 42.5 Å². The van der Waals surface area contributed by atoms with E-state index in [9.17, 15) is 21.9 Å². The summed E-state index contributed by atoms with van der Waals surface area (Å²) in [5.41, 5.74) is 0.213. The number of hydrogen-bond acceptors (Lipinski definition) is 4. The van der Waals surface area contributed by atoms with Crippen molar-refractivity contribution in [1.82, 2.24) is 5.32 Å². The molecule has 126 valence electrons. The van der Waals surface area contributed by atoms with Crippen molar-refractivity contribution in [3.63, 3.8) is 0 Å². The van der Waals surface area contributed by atoms with Gasteiger partial charge in [0.2, 0.25) is 0 Å². The monoisotopic (exact) mass is 390 g/mol. The fourth-order valence-electron chi connectivity index (χ4n) is 1.68. The van der Waals surface area contributed by atoms with Crippen molar-refractivity contribution in [3.05, 3.63) is 58.1 Å². The van der Waals surface area contributed by atoms with Crippen LogP contribution in [0.3, 0.4) is 0 Å². The maximum absolute atomic E-state index is 12.8. The lowest BCUT2D eigenvalue weighted by atomic mass is 10.2. The molecule has 3 amide bonds. The molecule has 10 heteroatoms. The summed E-state index contributed by atoms with van der Waals surface area (Å²) in [5, 5.41) is 4.54. The SMILES string of the molecule is O=C(NC(=O)c1ccc(Cl)cc1)Nc1ccc(S(=O)(=O)F)cc1Cl. The van der Waals surface area contributed by atoms with Crippen LogP contribution in [0.25, 0.3) is 0 Å². The van der Waals surface area contributed by atoms with E-state index in [-0.39, 0.29) is 16.3 Å². The Labute approximate surface area is 146 Å².